The molecule has 3 rings (SSSR count). The Labute approximate surface area is 160 Å². The number of benzene rings is 2. The number of nitrogens with one attached hydrogen (secondary N) is 1. The van der Waals surface area contributed by atoms with Crippen molar-refractivity contribution in [1.82, 2.24) is 4.90 Å². The van der Waals surface area contributed by atoms with E-state index in [4.69, 9.17) is 14.2 Å². The van der Waals surface area contributed by atoms with Crippen molar-refractivity contribution in [3.05, 3.63) is 47.5 Å². The summed E-state index contributed by atoms with van der Waals surface area (Å²) >= 11 is 0. The molecule has 0 aromatic heterocycles. The zero-order valence-corrected chi connectivity index (χ0v) is 16.2. The molecule has 1 aliphatic heterocycles. The minimum atomic E-state index is -0.130. The molecule has 1 fully saturated rings. The number of ether oxygens (including phenoxy) is 3. The van der Waals surface area contributed by atoms with Crippen molar-refractivity contribution in [3.8, 4) is 17.2 Å². The van der Waals surface area contributed by atoms with Crippen molar-refractivity contribution in [1.29, 1.82) is 0 Å². The normalized spacial score (nSPS) is 16.1. The minimum Gasteiger partial charge on any atom is -0.493 e. The largest absolute Gasteiger partial charge is 0.493 e. The lowest BCUT2D eigenvalue weighted by Crippen LogP contribution is -2.34. The maximum atomic E-state index is 13.0. The van der Waals surface area contributed by atoms with Crippen LogP contribution in [0.3, 0.4) is 0 Å². The highest BCUT2D eigenvalue weighted by molar-refractivity contribution is 5.90. The van der Waals surface area contributed by atoms with Crippen molar-refractivity contribution >= 4 is 11.7 Å². The van der Waals surface area contributed by atoms with Gasteiger partial charge >= 0.3 is 6.03 Å². The van der Waals surface area contributed by atoms with E-state index in [1.165, 1.54) is 11.1 Å². The van der Waals surface area contributed by atoms with Gasteiger partial charge in [-0.25, -0.2) is 4.79 Å². The van der Waals surface area contributed by atoms with E-state index in [0.717, 1.165) is 19.4 Å². The molecule has 0 saturated carbocycles. The molecule has 1 saturated heterocycles. The predicted octanol–water partition coefficient (Wildman–Crippen LogP) is 4.39. The second-order valence-electron chi connectivity index (χ2n) is 6.55. The molecule has 0 radical (unpaired) electrons. The van der Waals surface area contributed by atoms with Crippen LogP contribution in [-0.2, 0) is 0 Å². The van der Waals surface area contributed by atoms with E-state index in [-0.39, 0.29) is 12.1 Å². The van der Waals surface area contributed by atoms with Gasteiger partial charge in [-0.05, 0) is 30.9 Å². The van der Waals surface area contributed by atoms with E-state index in [2.05, 4.69) is 24.4 Å². The molecule has 1 unspecified atom stereocenters. The van der Waals surface area contributed by atoms with Crippen LogP contribution in [0.2, 0.25) is 0 Å². The first-order chi connectivity index (χ1) is 13.1. The number of carbonyl (C=O) groups is 1. The van der Waals surface area contributed by atoms with Crippen LogP contribution in [0.25, 0.3) is 0 Å². The summed E-state index contributed by atoms with van der Waals surface area (Å²) in [6.07, 6.45) is 1.95. The van der Waals surface area contributed by atoms with Crippen LogP contribution >= 0.6 is 0 Å². The number of amides is 2. The molecular formula is C21H26N2O4. The molecule has 0 aliphatic carbocycles. The molecule has 2 aromatic carbocycles. The zero-order chi connectivity index (χ0) is 19.4. The van der Waals surface area contributed by atoms with Gasteiger partial charge in [-0.2, -0.15) is 0 Å². The lowest BCUT2D eigenvalue weighted by molar-refractivity contribution is 0.207. The van der Waals surface area contributed by atoms with Crippen molar-refractivity contribution in [2.75, 3.05) is 33.2 Å². The number of anilines is 1. The zero-order valence-electron chi connectivity index (χ0n) is 16.2. The number of rotatable bonds is 5. The van der Waals surface area contributed by atoms with Crippen molar-refractivity contribution in [3.63, 3.8) is 0 Å². The third kappa shape index (κ3) is 3.79. The van der Waals surface area contributed by atoms with E-state index >= 15 is 0 Å². The summed E-state index contributed by atoms with van der Waals surface area (Å²) in [6, 6.07) is 11.7. The minimum absolute atomic E-state index is 0.0910. The van der Waals surface area contributed by atoms with E-state index in [1.807, 2.05) is 17.0 Å². The first-order valence-corrected chi connectivity index (χ1v) is 9.02. The van der Waals surface area contributed by atoms with Gasteiger partial charge in [0.2, 0.25) is 5.75 Å². The molecule has 1 aliphatic rings. The molecule has 1 N–H and O–H groups in total. The molecule has 27 heavy (non-hydrogen) atoms. The lowest BCUT2D eigenvalue weighted by atomic mass is 9.99. The lowest BCUT2D eigenvalue weighted by Gasteiger charge is -2.26. The predicted molar refractivity (Wildman–Crippen MR) is 105 cm³/mol. The Morgan fingerprint density at radius 2 is 1.74 bits per heavy atom. The topological polar surface area (TPSA) is 60.0 Å². The number of nitrogens with zero attached hydrogens (tertiary/aromatic N) is 1. The van der Waals surface area contributed by atoms with Crippen molar-refractivity contribution < 1.29 is 19.0 Å². The molecule has 0 spiro atoms. The third-order valence-electron chi connectivity index (χ3n) is 4.98. The van der Waals surface area contributed by atoms with Crippen LogP contribution in [0.1, 0.15) is 30.0 Å². The number of aryl methyl sites for hydroxylation is 1. The second-order valence-corrected chi connectivity index (χ2v) is 6.55. The van der Waals surface area contributed by atoms with E-state index in [1.54, 1.807) is 33.5 Å². The molecule has 1 atom stereocenters. The average Bonchev–Trinajstić information content (AvgIpc) is 3.17. The summed E-state index contributed by atoms with van der Waals surface area (Å²) in [5.41, 5.74) is 3.01. The first kappa shape index (κ1) is 18.9. The Morgan fingerprint density at radius 1 is 1.07 bits per heavy atom. The van der Waals surface area contributed by atoms with Crippen molar-refractivity contribution in [2.45, 2.75) is 25.8 Å². The van der Waals surface area contributed by atoms with Gasteiger partial charge in [-0.1, -0.05) is 24.3 Å². The number of hydrogen-bond donors (Lipinski definition) is 1. The molecule has 2 amide bonds. The number of urea groups is 1. The van der Waals surface area contributed by atoms with Gasteiger partial charge in [-0.3, -0.25) is 0 Å². The van der Waals surface area contributed by atoms with E-state index in [0.29, 0.717) is 22.9 Å². The molecule has 6 heteroatoms. The second kappa shape index (κ2) is 8.20. The summed E-state index contributed by atoms with van der Waals surface area (Å²) in [7, 11) is 4.66. The van der Waals surface area contributed by atoms with Gasteiger partial charge in [-0.15, -0.1) is 0 Å². The monoisotopic (exact) mass is 370 g/mol. The van der Waals surface area contributed by atoms with Crippen LogP contribution in [0, 0.1) is 6.92 Å². The summed E-state index contributed by atoms with van der Waals surface area (Å²) in [4.78, 5) is 14.9. The van der Waals surface area contributed by atoms with E-state index in [9.17, 15) is 4.79 Å². The SMILES string of the molecule is COc1cc(NC(=O)N2CCCC2c2ccccc2C)cc(OC)c1OC. The fraction of sp³-hybridized carbons (Fsp3) is 0.381. The highest BCUT2D eigenvalue weighted by Crippen LogP contribution is 2.40. The number of likely N-dealkylation sites (tertiary alicyclic amines) is 1. The Bertz CT molecular complexity index is 797. The fourth-order valence-corrected chi connectivity index (χ4v) is 3.64. The summed E-state index contributed by atoms with van der Waals surface area (Å²) < 4.78 is 16.1. The highest BCUT2D eigenvalue weighted by atomic mass is 16.5. The maximum Gasteiger partial charge on any atom is 0.322 e. The van der Waals surface area contributed by atoms with Gasteiger partial charge in [0.15, 0.2) is 11.5 Å². The van der Waals surface area contributed by atoms with Gasteiger partial charge in [0.05, 0.1) is 33.1 Å². The summed E-state index contributed by atoms with van der Waals surface area (Å²) in [5, 5.41) is 2.98. The Hall–Kier alpha value is -2.89. The molecule has 6 nitrogen and oxygen atoms in total. The smallest absolute Gasteiger partial charge is 0.322 e. The van der Waals surface area contributed by atoms with Crippen molar-refractivity contribution in [2.24, 2.45) is 0 Å². The van der Waals surface area contributed by atoms with Gasteiger partial charge in [0.1, 0.15) is 0 Å². The number of carbonyl (C=O) groups excluding carboxylic acids is 1. The van der Waals surface area contributed by atoms with Gasteiger partial charge < -0.3 is 24.4 Å². The third-order valence-corrected chi connectivity index (χ3v) is 4.98. The Morgan fingerprint density at radius 3 is 2.33 bits per heavy atom. The quantitative estimate of drug-likeness (QED) is 0.848. The van der Waals surface area contributed by atoms with Gasteiger partial charge in [0.25, 0.3) is 0 Å². The standard InChI is InChI=1S/C21H26N2O4/c1-14-8-5-6-9-16(14)17-10-7-11-23(17)21(24)22-15-12-18(25-2)20(27-4)19(13-15)26-3/h5-6,8-9,12-13,17H,7,10-11H2,1-4H3,(H,22,24). The van der Waals surface area contributed by atoms with Gasteiger partial charge in [0, 0.05) is 18.7 Å². The molecule has 1 heterocycles. The van der Waals surface area contributed by atoms with Crippen LogP contribution < -0.4 is 19.5 Å². The maximum absolute atomic E-state index is 13.0. The van der Waals surface area contributed by atoms with Crippen LogP contribution in [0.4, 0.5) is 10.5 Å². The summed E-state index contributed by atoms with van der Waals surface area (Å²) in [5.74, 6) is 1.50. The molecule has 2 aromatic rings. The molecular weight excluding hydrogens is 344 g/mol. The highest BCUT2D eigenvalue weighted by Gasteiger charge is 2.31. The van der Waals surface area contributed by atoms with E-state index < -0.39 is 0 Å². The number of hydrogen-bond acceptors (Lipinski definition) is 4. The fourth-order valence-electron chi connectivity index (χ4n) is 3.64. The Kier molecular flexibility index (Phi) is 5.74. The van der Waals surface area contributed by atoms with Crippen LogP contribution in [-0.4, -0.2) is 38.8 Å². The molecule has 144 valence electrons. The summed E-state index contributed by atoms with van der Waals surface area (Å²) in [6.45, 7) is 2.82. The number of methoxy groups -OCH3 is 3. The molecule has 0 bridgehead atoms. The Balaban J connectivity index is 1.83. The van der Waals surface area contributed by atoms with Crippen LogP contribution in [0.5, 0.6) is 17.2 Å². The first-order valence-electron chi connectivity index (χ1n) is 9.02. The van der Waals surface area contributed by atoms with Crippen LogP contribution in [0.15, 0.2) is 36.4 Å². The average molecular weight is 370 g/mol.